The molecule has 1 rings (SSSR count). The van der Waals surface area contributed by atoms with E-state index in [9.17, 15) is 0 Å². The molecule has 0 aliphatic rings. The van der Waals surface area contributed by atoms with Crippen molar-refractivity contribution in [3.8, 4) is 6.07 Å². The van der Waals surface area contributed by atoms with Crippen LogP contribution in [0.2, 0.25) is 0 Å². The Morgan fingerprint density at radius 1 is 1.57 bits per heavy atom. The molecule has 0 aromatic heterocycles. The monoisotopic (exact) mass is 186 g/mol. The first kappa shape index (κ1) is 10.3. The predicted octanol–water partition coefficient (Wildman–Crippen LogP) is 2.85. The molecule has 0 saturated heterocycles. The van der Waals surface area contributed by atoms with Crippen molar-refractivity contribution in [1.82, 2.24) is 0 Å². The minimum Gasteiger partial charge on any atom is -0.384 e. The van der Waals surface area contributed by atoms with E-state index in [1.165, 1.54) is 0 Å². The number of benzene rings is 1. The van der Waals surface area contributed by atoms with Crippen LogP contribution in [0.5, 0.6) is 0 Å². The Morgan fingerprint density at radius 3 is 3.00 bits per heavy atom. The molecule has 0 amide bonds. The van der Waals surface area contributed by atoms with Crippen LogP contribution >= 0.6 is 0 Å². The highest BCUT2D eigenvalue weighted by molar-refractivity contribution is 5.58. The van der Waals surface area contributed by atoms with Crippen LogP contribution in [-0.4, -0.2) is 6.54 Å². The van der Waals surface area contributed by atoms with Gasteiger partial charge in [-0.1, -0.05) is 12.1 Å². The number of hydrogen-bond donors (Lipinski definition) is 1. The molecular weight excluding hydrogens is 172 g/mol. The van der Waals surface area contributed by atoms with E-state index >= 15 is 0 Å². The van der Waals surface area contributed by atoms with Gasteiger partial charge in [-0.25, -0.2) is 0 Å². The minimum absolute atomic E-state index is 0.703. The van der Waals surface area contributed by atoms with Gasteiger partial charge in [0.1, 0.15) is 6.07 Å². The summed E-state index contributed by atoms with van der Waals surface area (Å²) >= 11 is 0. The molecule has 0 aliphatic heterocycles. The first-order chi connectivity index (χ1) is 6.77. The summed E-state index contributed by atoms with van der Waals surface area (Å²) in [6, 6.07) is 8.00. The SMILES string of the molecule is C=CCCNc1ccc(C)cc1C#N. The smallest absolute Gasteiger partial charge is 0.101 e. The highest BCUT2D eigenvalue weighted by Gasteiger charge is 1.99. The number of nitrogens with zero attached hydrogens (tertiary/aromatic N) is 1. The summed E-state index contributed by atoms with van der Waals surface area (Å²) in [4.78, 5) is 0. The topological polar surface area (TPSA) is 35.8 Å². The predicted molar refractivity (Wildman–Crippen MR) is 59.2 cm³/mol. The number of nitrogens with one attached hydrogen (secondary N) is 1. The lowest BCUT2D eigenvalue weighted by molar-refractivity contribution is 1.07. The van der Waals surface area contributed by atoms with Crippen LogP contribution in [0.4, 0.5) is 5.69 Å². The van der Waals surface area contributed by atoms with Crippen LogP contribution in [-0.2, 0) is 0 Å². The van der Waals surface area contributed by atoms with Crippen LogP contribution in [0.1, 0.15) is 17.5 Å². The molecule has 0 aliphatic carbocycles. The Hall–Kier alpha value is -1.75. The molecule has 1 N–H and O–H groups in total. The molecule has 0 atom stereocenters. The largest absolute Gasteiger partial charge is 0.384 e. The Bertz CT molecular complexity index is 361. The second-order valence-electron chi connectivity index (χ2n) is 3.16. The van der Waals surface area contributed by atoms with E-state index in [1.54, 1.807) is 0 Å². The van der Waals surface area contributed by atoms with E-state index in [1.807, 2.05) is 31.2 Å². The molecule has 0 heterocycles. The summed E-state index contributed by atoms with van der Waals surface area (Å²) in [5.74, 6) is 0. The van der Waals surface area contributed by atoms with E-state index in [-0.39, 0.29) is 0 Å². The van der Waals surface area contributed by atoms with Crippen LogP contribution in [0, 0.1) is 18.3 Å². The van der Waals surface area contributed by atoms with Gasteiger partial charge in [0, 0.05) is 6.54 Å². The highest BCUT2D eigenvalue weighted by Crippen LogP contribution is 2.15. The summed E-state index contributed by atoms with van der Waals surface area (Å²) in [5, 5.41) is 12.1. The van der Waals surface area contributed by atoms with Crippen LogP contribution < -0.4 is 5.32 Å². The summed E-state index contributed by atoms with van der Waals surface area (Å²) in [6.45, 7) is 6.44. The van der Waals surface area contributed by atoms with Crippen LogP contribution in [0.15, 0.2) is 30.9 Å². The van der Waals surface area contributed by atoms with Crippen molar-refractivity contribution >= 4 is 5.69 Å². The Kier molecular flexibility index (Phi) is 3.75. The molecule has 0 fully saturated rings. The first-order valence-electron chi connectivity index (χ1n) is 4.63. The van der Waals surface area contributed by atoms with E-state index in [0.717, 1.165) is 24.2 Å². The standard InChI is InChI=1S/C12H14N2/c1-3-4-7-14-12-6-5-10(2)8-11(12)9-13/h3,5-6,8,14H,1,4,7H2,2H3. The third-order valence-electron chi connectivity index (χ3n) is 1.96. The molecule has 0 bridgehead atoms. The van der Waals surface area contributed by atoms with Crippen molar-refractivity contribution in [2.45, 2.75) is 13.3 Å². The first-order valence-corrected chi connectivity index (χ1v) is 4.63. The average molecular weight is 186 g/mol. The maximum Gasteiger partial charge on any atom is 0.101 e. The van der Waals surface area contributed by atoms with Crippen molar-refractivity contribution in [1.29, 1.82) is 5.26 Å². The lowest BCUT2D eigenvalue weighted by Gasteiger charge is -2.07. The number of aryl methyl sites for hydroxylation is 1. The van der Waals surface area contributed by atoms with Gasteiger partial charge in [0.2, 0.25) is 0 Å². The van der Waals surface area contributed by atoms with Crippen molar-refractivity contribution in [2.24, 2.45) is 0 Å². The number of anilines is 1. The molecule has 1 aromatic carbocycles. The molecule has 0 saturated carbocycles. The van der Waals surface area contributed by atoms with Gasteiger partial charge < -0.3 is 5.32 Å². The molecule has 0 unspecified atom stereocenters. The quantitative estimate of drug-likeness (QED) is 0.579. The fraction of sp³-hybridized carbons (Fsp3) is 0.250. The van der Waals surface area contributed by atoms with Crippen LogP contribution in [0.3, 0.4) is 0 Å². The molecule has 14 heavy (non-hydrogen) atoms. The molecule has 72 valence electrons. The van der Waals surface area contributed by atoms with Crippen molar-refractivity contribution in [3.63, 3.8) is 0 Å². The van der Waals surface area contributed by atoms with Gasteiger partial charge in [-0.05, 0) is 31.0 Å². The fourth-order valence-electron chi connectivity index (χ4n) is 1.21. The van der Waals surface area contributed by atoms with Gasteiger partial charge in [-0.3, -0.25) is 0 Å². The van der Waals surface area contributed by atoms with Crippen molar-refractivity contribution in [2.75, 3.05) is 11.9 Å². The van der Waals surface area contributed by atoms with E-state index in [4.69, 9.17) is 5.26 Å². The molecule has 0 radical (unpaired) electrons. The maximum absolute atomic E-state index is 8.89. The minimum atomic E-state index is 0.703. The summed E-state index contributed by atoms with van der Waals surface area (Å²) in [6.07, 6.45) is 2.76. The molecule has 0 spiro atoms. The lowest BCUT2D eigenvalue weighted by atomic mass is 10.1. The van der Waals surface area contributed by atoms with Gasteiger partial charge >= 0.3 is 0 Å². The third kappa shape index (κ3) is 2.63. The Balaban J connectivity index is 2.76. The summed E-state index contributed by atoms with van der Waals surface area (Å²) < 4.78 is 0. The molecular formula is C12H14N2. The third-order valence-corrected chi connectivity index (χ3v) is 1.96. The number of nitriles is 1. The maximum atomic E-state index is 8.89. The van der Waals surface area contributed by atoms with Gasteiger partial charge in [-0.2, -0.15) is 5.26 Å². The van der Waals surface area contributed by atoms with Crippen LogP contribution in [0.25, 0.3) is 0 Å². The number of hydrogen-bond acceptors (Lipinski definition) is 2. The molecule has 2 nitrogen and oxygen atoms in total. The Labute approximate surface area is 84.9 Å². The Morgan fingerprint density at radius 2 is 2.36 bits per heavy atom. The van der Waals surface area contributed by atoms with Gasteiger partial charge in [-0.15, -0.1) is 6.58 Å². The van der Waals surface area contributed by atoms with Gasteiger partial charge in [0.15, 0.2) is 0 Å². The summed E-state index contributed by atoms with van der Waals surface area (Å²) in [7, 11) is 0. The van der Waals surface area contributed by atoms with E-state index in [0.29, 0.717) is 5.56 Å². The molecule has 1 aromatic rings. The normalized spacial score (nSPS) is 9.14. The zero-order valence-corrected chi connectivity index (χ0v) is 8.38. The van der Waals surface area contributed by atoms with Crippen molar-refractivity contribution < 1.29 is 0 Å². The van der Waals surface area contributed by atoms with E-state index < -0.39 is 0 Å². The lowest BCUT2D eigenvalue weighted by Crippen LogP contribution is -2.02. The fourth-order valence-corrected chi connectivity index (χ4v) is 1.21. The zero-order valence-electron chi connectivity index (χ0n) is 8.38. The van der Waals surface area contributed by atoms with E-state index in [2.05, 4.69) is 18.0 Å². The van der Waals surface area contributed by atoms with Crippen molar-refractivity contribution in [3.05, 3.63) is 42.0 Å². The van der Waals surface area contributed by atoms with Gasteiger partial charge in [0.25, 0.3) is 0 Å². The average Bonchev–Trinajstić information content (AvgIpc) is 2.20. The number of rotatable bonds is 4. The van der Waals surface area contributed by atoms with Gasteiger partial charge in [0.05, 0.1) is 11.3 Å². The second-order valence-corrected chi connectivity index (χ2v) is 3.16. The highest BCUT2D eigenvalue weighted by atomic mass is 14.9. The zero-order chi connectivity index (χ0) is 10.4. The molecule has 2 heteroatoms. The second kappa shape index (κ2) is 5.08. The summed E-state index contributed by atoms with van der Waals surface area (Å²) in [5.41, 5.74) is 2.71.